The molecule has 0 aliphatic rings. The number of hydrogen-bond acceptors (Lipinski definition) is 3. The van der Waals surface area contributed by atoms with Crippen LogP contribution >= 0.6 is 0 Å². The largest absolute Gasteiger partial charge is 0.494 e. The topological polar surface area (TPSA) is 38.7 Å². The van der Waals surface area contributed by atoms with Crippen LogP contribution in [-0.4, -0.2) is 18.8 Å². The normalized spacial score (nSPS) is 12.0. The van der Waals surface area contributed by atoms with E-state index in [1.807, 2.05) is 31.2 Å². The van der Waals surface area contributed by atoms with Gasteiger partial charge in [-0.1, -0.05) is 18.2 Å². The highest BCUT2D eigenvalue weighted by Crippen LogP contribution is 2.24. The number of aliphatic hydroxyl groups excluding tert-OH is 1. The summed E-state index contributed by atoms with van der Waals surface area (Å²) in [6.07, 6.45) is -0.380. The second-order valence-electron chi connectivity index (χ2n) is 4.86. The first-order chi connectivity index (χ1) is 10.1. The monoisotopic (exact) mass is 290 g/mol. The molecule has 0 amide bonds. The molecule has 1 unspecified atom stereocenters. The predicted octanol–water partition coefficient (Wildman–Crippen LogP) is 3.65. The Labute approximate surface area is 124 Å². The van der Waals surface area contributed by atoms with E-state index in [-0.39, 0.29) is 5.75 Å². The van der Waals surface area contributed by atoms with Crippen LogP contribution in [0.15, 0.2) is 42.5 Å². The van der Waals surface area contributed by atoms with E-state index < -0.39 is 11.9 Å². The molecule has 2 aromatic rings. The Morgan fingerprint density at radius 3 is 2.67 bits per heavy atom. The lowest BCUT2D eigenvalue weighted by molar-refractivity contribution is 0.140. The third kappa shape index (κ3) is 4.20. The first-order valence-electron chi connectivity index (χ1n) is 6.81. The van der Waals surface area contributed by atoms with E-state index in [2.05, 4.69) is 0 Å². The number of benzene rings is 2. The molecule has 0 aliphatic carbocycles. The average Bonchev–Trinajstić information content (AvgIpc) is 2.47. The molecule has 0 saturated heterocycles. The van der Waals surface area contributed by atoms with Crippen LogP contribution in [-0.2, 0) is 0 Å². The number of methoxy groups -OCH3 is 1. The van der Waals surface area contributed by atoms with E-state index in [0.717, 1.165) is 11.3 Å². The van der Waals surface area contributed by atoms with Crippen molar-refractivity contribution in [3.63, 3.8) is 0 Å². The lowest BCUT2D eigenvalue weighted by Gasteiger charge is -2.13. The van der Waals surface area contributed by atoms with Crippen molar-refractivity contribution in [2.45, 2.75) is 19.4 Å². The van der Waals surface area contributed by atoms with Crippen molar-refractivity contribution in [3.05, 3.63) is 59.4 Å². The zero-order valence-corrected chi connectivity index (χ0v) is 12.2. The number of aliphatic hydroxyl groups is 1. The molecule has 0 spiro atoms. The highest BCUT2D eigenvalue weighted by Gasteiger charge is 2.11. The summed E-state index contributed by atoms with van der Waals surface area (Å²) >= 11 is 0. The molecule has 0 heterocycles. The van der Waals surface area contributed by atoms with Crippen molar-refractivity contribution < 1.29 is 19.0 Å². The zero-order chi connectivity index (χ0) is 15.2. The lowest BCUT2D eigenvalue weighted by Crippen LogP contribution is -2.06. The van der Waals surface area contributed by atoms with Crippen LogP contribution in [0.5, 0.6) is 11.5 Å². The van der Waals surface area contributed by atoms with Crippen LogP contribution in [0.3, 0.4) is 0 Å². The van der Waals surface area contributed by atoms with Crippen molar-refractivity contribution >= 4 is 0 Å². The van der Waals surface area contributed by atoms with Gasteiger partial charge in [0.05, 0.1) is 19.8 Å². The SMILES string of the molecule is COc1ccc(C(O)CCOc2cccc(C)c2)cc1F. The summed E-state index contributed by atoms with van der Waals surface area (Å²) in [5.41, 5.74) is 1.63. The molecule has 0 bridgehead atoms. The van der Waals surface area contributed by atoms with Gasteiger partial charge in [0, 0.05) is 6.42 Å². The summed E-state index contributed by atoms with van der Waals surface area (Å²) in [6, 6.07) is 12.2. The van der Waals surface area contributed by atoms with Gasteiger partial charge in [-0.15, -0.1) is 0 Å². The van der Waals surface area contributed by atoms with Crippen LogP contribution in [0, 0.1) is 12.7 Å². The number of halogens is 1. The second kappa shape index (κ2) is 7.09. The first kappa shape index (κ1) is 15.3. The highest BCUT2D eigenvalue weighted by molar-refractivity contribution is 5.30. The van der Waals surface area contributed by atoms with E-state index in [1.165, 1.54) is 19.2 Å². The van der Waals surface area contributed by atoms with Crippen molar-refractivity contribution in [3.8, 4) is 11.5 Å². The molecule has 1 N–H and O–H groups in total. The Morgan fingerprint density at radius 1 is 1.19 bits per heavy atom. The van der Waals surface area contributed by atoms with Gasteiger partial charge in [0.15, 0.2) is 11.6 Å². The van der Waals surface area contributed by atoms with Gasteiger partial charge in [-0.2, -0.15) is 0 Å². The summed E-state index contributed by atoms with van der Waals surface area (Å²) in [5.74, 6) is 0.457. The van der Waals surface area contributed by atoms with Gasteiger partial charge in [-0.3, -0.25) is 0 Å². The number of rotatable bonds is 6. The summed E-state index contributed by atoms with van der Waals surface area (Å²) in [6.45, 7) is 2.35. The molecule has 112 valence electrons. The summed E-state index contributed by atoms with van der Waals surface area (Å²) in [5, 5.41) is 10.1. The first-order valence-corrected chi connectivity index (χ1v) is 6.81. The maximum absolute atomic E-state index is 13.6. The molecule has 0 aromatic heterocycles. The minimum Gasteiger partial charge on any atom is -0.494 e. The molecular weight excluding hydrogens is 271 g/mol. The van der Waals surface area contributed by atoms with Crippen LogP contribution in [0.2, 0.25) is 0 Å². The van der Waals surface area contributed by atoms with Crippen molar-refractivity contribution in [2.75, 3.05) is 13.7 Å². The van der Waals surface area contributed by atoms with Crippen LogP contribution in [0.4, 0.5) is 4.39 Å². The van der Waals surface area contributed by atoms with Crippen LogP contribution < -0.4 is 9.47 Å². The molecule has 1 atom stereocenters. The van der Waals surface area contributed by atoms with E-state index in [0.29, 0.717) is 18.6 Å². The fourth-order valence-corrected chi connectivity index (χ4v) is 2.05. The van der Waals surface area contributed by atoms with Crippen LogP contribution in [0.25, 0.3) is 0 Å². The van der Waals surface area contributed by atoms with Gasteiger partial charge >= 0.3 is 0 Å². The minimum absolute atomic E-state index is 0.168. The maximum atomic E-state index is 13.6. The zero-order valence-electron chi connectivity index (χ0n) is 12.2. The lowest BCUT2D eigenvalue weighted by atomic mass is 10.1. The summed E-state index contributed by atoms with van der Waals surface area (Å²) in [4.78, 5) is 0. The van der Waals surface area contributed by atoms with E-state index >= 15 is 0 Å². The fraction of sp³-hybridized carbons (Fsp3) is 0.294. The molecule has 0 radical (unpaired) electrons. The Bertz CT molecular complexity index is 598. The summed E-state index contributed by atoms with van der Waals surface area (Å²) in [7, 11) is 1.41. The number of aryl methyl sites for hydroxylation is 1. The van der Waals surface area contributed by atoms with E-state index in [4.69, 9.17) is 9.47 Å². The van der Waals surface area contributed by atoms with Gasteiger partial charge in [0.25, 0.3) is 0 Å². The number of hydrogen-bond donors (Lipinski definition) is 1. The smallest absolute Gasteiger partial charge is 0.165 e. The maximum Gasteiger partial charge on any atom is 0.165 e. The molecule has 3 nitrogen and oxygen atoms in total. The van der Waals surface area contributed by atoms with Gasteiger partial charge < -0.3 is 14.6 Å². The molecular formula is C17H19FO3. The van der Waals surface area contributed by atoms with Gasteiger partial charge in [-0.05, 0) is 42.3 Å². The van der Waals surface area contributed by atoms with Gasteiger partial charge in [-0.25, -0.2) is 4.39 Å². The standard InChI is InChI=1S/C17H19FO3/c1-12-4-3-5-14(10-12)21-9-8-16(19)13-6-7-17(20-2)15(18)11-13/h3-7,10-11,16,19H,8-9H2,1-2H3. The molecule has 0 aliphatic heterocycles. The third-order valence-electron chi connectivity index (χ3n) is 3.21. The van der Waals surface area contributed by atoms with Gasteiger partial charge in [0.1, 0.15) is 5.75 Å². The van der Waals surface area contributed by atoms with Crippen LogP contribution in [0.1, 0.15) is 23.7 Å². The van der Waals surface area contributed by atoms with Crippen molar-refractivity contribution in [1.29, 1.82) is 0 Å². The molecule has 0 saturated carbocycles. The molecule has 0 fully saturated rings. The summed E-state index contributed by atoms with van der Waals surface area (Å²) < 4.78 is 24.0. The predicted molar refractivity (Wildman–Crippen MR) is 79.2 cm³/mol. The Kier molecular flexibility index (Phi) is 5.17. The fourth-order valence-electron chi connectivity index (χ4n) is 2.05. The van der Waals surface area contributed by atoms with Crippen molar-refractivity contribution in [2.24, 2.45) is 0 Å². The molecule has 21 heavy (non-hydrogen) atoms. The third-order valence-corrected chi connectivity index (χ3v) is 3.21. The quantitative estimate of drug-likeness (QED) is 0.882. The van der Waals surface area contributed by atoms with Crippen molar-refractivity contribution in [1.82, 2.24) is 0 Å². The average molecular weight is 290 g/mol. The Balaban J connectivity index is 1.89. The van der Waals surface area contributed by atoms with Gasteiger partial charge in [0.2, 0.25) is 0 Å². The Hall–Kier alpha value is -2.07. The molecule has 2 aromatic carbocycles. The molecule has 2 rings (SSSR count). The second-order valence-corrected chi connectivity index (χ2v) is 4.86. The Morgan fingerprint density at radius 2 is 2.00 bits per heavy atom. The minimum atomic E-state index is -0.768. The van der Waals surface area contributed by atoms with E-state index in [9.17, 15) is 9.50 Å². The number of ether oxygens (including phenoxy) is 2. The van der Waals surface area contributed by atoms with E-state index in [1.54, 1.807) is 6.07 Å². The molecule has 4 heteroatoms. The highest BCUT2D eigenvalue weighted by atomic mass is 19.1.